The Morgan fingerprint density at radius 3 is 2.77 bits per heavy atom. The Morgan fingerprint density at radius 2 is 2.07 bits per heavy atom. The first-order valence-corrected chi connectivity index (χ1v) is 8.71. The van der Waals surface area contributed by atoms with E-state index in [0.29, 0.717) is 28.2 Å². The van der Waals surface area contributed by atoms with E-state index in [-0.39, 0.29) is 11.7 Å². The number of benzene rings is 1. The lowest BCUT2D eigenvalue weighted by atomic mass is 10.1. The minimum absolute atomic E-state index is 0.0121. The number of urea groups is 1. The van der Waals surface area contributed by atoms with E-state index < -0.39 is 18.8 Å². The van der Waals surface area contributed by atoms with Crippen molar-refractivity contribution in [1.29, 1.82) is 5.41 Å². The predicted molar refractivity (Wildman–Crippen MR) is 108 cm³/mol. The van der Waals surface area contributed by atoms with Crippen LogP contribution in [0.2, 0.25) is 0 Å². The number of hydrogen-bond donors (Lipinski definition) is 4. The van der Waals surface area contributed by atoms with E-state index in [1.54, 1.807) is 65.4 Å². The Balaban J connectivity index is 1.82. The largest absolute Gasteiger partial charge is 0.405 e. The van der Waals surface area contributed by atoms with Gasteiger partial charge in [-0.05, 0) is 31.2 Å². The fourth-order valence-corrected chi connectivity index (χ4v) is 2.69. The van der Waals surface area contributed by atoms with Gasteiger partial charge in [0.2, 0.25) is 0 Å². The Kier molecular flexibility index (Phi) is 5.72. The van der Waals surface area contributed by atoms with Gasteiger partial charge in [-0.1, -0.05) is 12.1 Å². The van der Waals surface area contributed by atoms with Crippen LogP contribution in [0.4, 0.5) is 23.7 Å². The van der Waals surface area contributed by atoms with Crippen molar-refractivity contribution < 1.29 is 18.0 Å². The van der Waals surface area contributed by atoms with Crippen molar-refractivity contribution in [1.82, 2.24) is 14.7 Å². The molecule has 2 amide bonds. The maximum Gasteiger partial charge on any atom is 0.405 e. The van der Waals surface area contributed by atoms with E-state index in [1.165, 1.54) is 0 Å². The number of halogens is 3. The van der Waals surface area contributed by atoms with Crippen LogP contribution >= 0.6 is 0 Å². The van der Waals surface area contributed by atoms with Crippen LogP contribution in [0, 0.1) is 5.41 Å². The fourth-order valence-electron chi connectivity index (χ4n) is 2.69. The fraction of sp³-hybridized carbons (Fsp3) is 0.158. The third-order valence-corrected chi connectivity index (χ3v) is 3.94. The molecule has 30 heavy (non-hydrogen) atoms. The summed E-state index contributed by atoms with van der Waals surface area (Å²) in [6.07, 6.45) is -1.15. The number of anilines is 1. The third-order valence-electron chi connectivity index (χ3n) is 3.94. The summed E-state index contributed by atoms with van der Waals surface area (Å²) in [7, 11) is 0. The van der Waals surface area contributed by atoms with Gasteiger partial charge in [-0.3, -0.25) is 9.81 Å². The van der Waals surface area contributed by atoms with Crippen molar-refractivity contribution in [3.05, 3.63) is 54.4 Å². The average molecular weight is 417 g/mol. The highest BCUT2D eigenvalue weighted by molar-refractivity contribution is 6.04. The average Bonchev–Trinajstić information content (AvgIpc) is 3.09. The first kappa shape index (κ1) is 20.8. The second-order valence-electron chi connectivity index (χ2n) is 6.39. The molecular formula is C19H18F3N7O. The van der Waals surface area contributed by atoms with Gasteiger partial charge < -0.3 is 16.4 Å². The van der Waals surface area contributed by atoms with Gasteiger partial charge in [0.15, 0.2) is 5.84 Å². The van der Waals surface area contributed by atoms with Gasteiger partial charge in [-0.25, -0.2) is 14.8 Å². The Bertz CT molecular complexity index is 1130. The van der Waals surface area contributed by atoms with Crippen LogP contribution in [-0.4, -0.2) is 39.8 Å². The number of carbonyl (C=O) groups is 1. The van der Waals surface area contributed by atoms with Gasteiger partial charge in [-0.2, -0.15) is 13.2 Å². The van der Waals surface area contributed by atoms with Gasteiger partial charge in [0.1, 0.15) is 12.2 Å². The summed E-state index contributed by atoms with van der Waals surface area (Å²) in [5.41, 5.74) is 8.33. The Labute approximate surface area is 169 Å². The number of rotatable bonds is 4. The highest BCUT2D eigenvalue weighted by Crippen LogP contribution is 2.24. The number of nitrogens with zero attached hydrogens (tertiary/aromatic N) is 3. The molecule has 0 fully saturated rings. The number of nitrogens with two attached hydrogens (primary N) is 1. The number of alkyl halides is 3. The molecule has 0 radical (unpaired) electrons. The minimum atomic E-state index is -4.49. The van der Waals surface area contributed by atoms with Crippen molar-refractivity contribution in [2.24, 2.45) is 10.7 Å². The number of aromatic nitrogens is 2. The number of hydrogen-bond acceptors (Lipinski definition) is 3. The van der Waals surface area contributed by atoms with Crippen molar-refractivity contribution in [3.63, 3.8) is 0 Å². The molecule has 0 unspecified atom stereocenters. The molecule has 2 aromatic heterocycles. The lowest BCUT2D eigenvalue weighted by Crippen LogP contribution is -2.36. The van der Waals surface area contributed by atoms with Gasteiger partial charge in [0, 0.05) is 23.0 Å². The quantitative estimate of drug-likeness (QED) is 0.385. The zero-order valence-corrected chi connectivity index (χ0v) is 15.8. The molecule has 8 nitrogen and oxygen atoms in total. The van der Waals surface area contributed by atoms with E-state index in [2.05, 4.69) is 15.3 Å². The summed E-state index contributed by atoms with van der Waals surface area (Å²) in [5, 5.41) is 12.1. The summed E-state index contributed by atoms with van der Waals surface area (Å²) >= 11 is 0. The number of aliphatic imine (C=N–C) groups is 1. The number of amidine groups is 2. The van der Waals surface area contributed by atoms with Crippen molar-refractivity contribution in [3.8, 4) is 11.3 Å². The van der Waals surface area contributed by atoms with Gasteiger partial charge in [0.25, 0.3) is 0 Å². The normalized spacial score (nSPS) is 12.1. The smallest absolute Gasteiger partial charge is 0.387 e. The molecule has 3 rings (SSSR count). The molecule has 0 bridgehead atoms. The predicted octanol–water partition coefficient (Wildman–Crippen LogP) is 3.39. The van der Waals surface area contributed by atoms with Gasteiger partial charge in [0.05, 0.1) is 17.7 Å². The number of carbonyl (C=O) groups excluding carboxylic acids is 1. The molecule has 0 saturated carbocycles. The molecule has 0 aliphatic rings. The molecule has 11 heteroatoms. The first-order chi connectivity index (χ1) is 14.1. The molecule has 0 spiro atoms. The summed E-state index contributed by atoms with van der Waals surface area (Å²) in [5.74, 6) is 0.283. The second-order valence-corrected chi connectivity index (χ2v) is 6.39. The number of fused-ring (bicyclic) bond motifs is 1. The molecule has 3 aromatic rings. The Hall–Kier alpha value is -3.89. The molecule has 0 atom stereocenters. The summed E-state index contributed by atoms with van der Waals surface area (Å²) in [6, 6.07) is 9.05. The lowest BCUT2D eigenvalue weighted by molar-refractivity contribution is -0.122. The highest BCUT2D eigenvalue weighted by atomic mass is 19.4. The highest BCUT2D eigenvalue weighted by Gasteiger charge is 2.27. The van der Waals surface area contributed by atoms with Crippen molar-refractivity contribution >= 4 is 29.0 Å². The van der Waals surface area contributed by atoms with E-state index in [1.807, 2.05) is 0 Å². The lowest BCUT2D eigenvalue weighted by Gasteiger charge is -2.11. The van der Waals surface area contributed by atoms with E-state index in [4.69, 9.17) is 11.1 Å². The molecule has 156 valence electrons. The molecule has 0 aliphatic carbocycles. The maximum atomic E-state index is 12.2. The summed E-state index contributed by atoms with van der Waals surface area (Å²) in [4.78, 5) is 19.9. The molecule has 0 aliphatic heterocycles. The second kappa shape index (κ2) is 8.23. The van der Waals surface area contributed by atoms with Crippen LogP contribution in [0.25, 0.3) is 16.9 Å². The van der Waals surface area contributed by atoms with E-state index >= 15 is 0 Å². The monoisotopic (exact) mass is 417 g/mol. The van der Waals surface area contributed by atoms with Crippen LogP contribution in [0.5, 0.6) is 0 Å². The van der Waals surface area contributed by atoms with Crippen molar-refractivity contribution in [2.45, 2.75) is 13.1 Å². The summed E-state index contributed by atoms with van der Waals surface area (Å²) in [6.45, 7) is 0.169. The number of imidazole rings is 1. The SMILES string of the molecule is CC(N)=NC(=N)c1ccn2c(-c3cccc(NC(=O)NCC(F)(F)F)c3)cnc2c1. The van der Waals surface area contributed by atoms with E-state index in [9.17, 15) is 18.0 Å². The zero-order chi connectivity index (χ0) is 21.9. The van der Waals surface area contributed by atoms with Crippen LogP contribution in [-0.2, 0) is 0 Å². The molecule has 1 aromatic carbocycles. The van der Waals surface area contributed by atoms with Crippen LogP contribution < -0.4 is 16.4 Å². The Morgan fingerprint density at radius 1 is 1.30 bits per heavy atom. The first-order valence-electron chi connectivity index (χ1n) is 8.71. The van der Waals surface area contributed by atoms with E-state index in [0.717, 1.165) is 0 Å². The van der Waals surface area contributed by atoms with Crippen molar-refractivity contribution in [2.75, 3.05) is 11.9 Å². The molecule has 5 N–H and O–H groups in total. The minimum Gasteiger partial charge on any atom is -0.387 e. The molecule has 2 heterocycles. The van der Waals surface area contributed by atoms with Crippen LogP contribution in [0.15, 0.2) is 53.8 Å². The number of amides is 2. The van der Waals surface area contributed by atoms with Crippen LogP contribution in [0.3, 0.4) is 0 Å². The topological polar surface area (TPSA) is 121 Å². The summed E-state index contributed by atoms with van der Waals surface area (Å²) < 4.78 is 38.4. The molecule has 0 saturated heterocycles. The third kappa shape index (κ3) is 5.13. The maximum absolute atomic E-state index is 12.2. The molecular weight excluding hydrogens is 399 g/mol. The van der Waals surface area contributed by atoms with Gasteiger partial charge in [-0.15, -0.1) is 0 Å². The van der Waals surface area contributed by atoms with Gasteiger partial charge >= 0.3 is 12.2 Å². The van der Waals surface area contributed by atoms with Crippen LogP contribution in [0.1, 0.15) is 12.5 Å². The number of nitrogens with one attached hydrogen (secondary N) is 3. The standard InChI is InChI=1S/C19H18F3N7O/c1-11(23)27-17(24)13-5-6-29-15(9-25-16(29)8-13)12-3-2-4-14(7-12)28-18(30)26-10-19(20,21)22/h2-9H,10H2,1H3,(H3,23,24,27)(H2,26,28,30). The number of pyridine rings is 1. The zero-order valence-electron chi connectivity index (χ0n) is 15.8.